The summed E-state index contributed by atoms with van der Waals surface area (Å²) >= 11 is 0. The fourth-order valence-electron chi connectivity index (χ4n) is 3.29. The molecule has 0 saturated carbocycles. The second-order valence-corrected chi connectivity index (χ2v) is 6.51. The van der Waals surface area contributed by atoms with Gasteiger partial charge in [0.1, 0.15) is 0 Å². The van der Waals surface area contributed by atoms with Crippen LogP contribution >= 0.6 is 0 Å². The fraction of sp³-hybridized carbons (Fsp3) is 0.0417. The van der Waals surface area contributed by atoms with Crippen LogP contribution in [0.4, 0.5) is 13.2 Å². The number of allylic oxidation sites excluding steroid dienone is 1. The smallest absolute Gasteiger partial charge is 0.289 e. The van der Waals surface area contributed by atoms with Gasteiger partial charge in [0.15, 0.2) is 5.78 Å². The van der Waals surface area contributed by atoms with Crippen molar-refractivity contribution in [3.05, 3.63) is 112 Å². The summed E-state index contributed by atoms with van der Waals surface area (Å²) in [6.07, 6.45) is 1.08. The molecule has 138 valence electrons. The van der Waals surface area contributed by atoms with E-state index in [1.807, 2.05) is 60.7 Å². The van der Waals surface area contributed by atoms with Gasteiger partial charge in [-0.05, 0) is 46.0 Å². The molecule has 0 heterocycles. The lowest BCUT2D eigenvalue weighted by molar-refractivity contribution is -0.137. The molecule has 0 fully saturated rings. The van der Waals surface area contributed by atoms with Crippen molar-refractivity contribution >= 4 is 23.5 Å². The number of alkyl halides is 3. The number of benzene rings is 3. The minimum Gasteiger partial charge on any atom is -0.289 e. The van der Waals surface area contributed by atoms with E-state index < -0.39 is 11.7 Å². The molecule has 0 radical (unpaired) electrons. The maximum absolute atomic E-state index is 12.8. The van der Waals surface area contributed by atoms with Crippen LogP contribution in [0.25, 0.3) is 17.7 Å². The first-order chi connectivity index (χ1) is 13.4. The van der Waals surface area contributed by atoms with Gasteiger partial charge in [-0.3, -0.25) is 4.79 Å². The number of carbonyl (C=O) groups is 1. The summed E-state index contributed by atoms with van der Waals surface area (Å²) < 4.78 is 38.3. The second kappa shape index (κ2) is 6.97. The molecule has 28 heavy (non-hydrogen) atoms. The highest BCUT2D eigenvalue weighted by molar-refractivity contribution is 6.11. The average Bonchev–Trinajstić information content (AvgIpc) is 2.85. The van der Waals surface area contributed by atoms with Gasteiger partial charge in [0, 0.05) is 5.56 Å². The second-order valence-electron chi connectivity index (χ2n) is 6.51. The van der Waals surface area contributed by atoms with E-state index in [-0.39, 0.29) is 11.3 Å². The summed E-state index contributed by atoms with van der Waals surface area (Å²) in [4.78, 5) is 12.8. The lowest BCUT2D eigenvalue weighted by atomic mass is 9.91. The molecule has 0 atom stereocenters. The molecule has 1 nitrogen and oxygen atoms in total. The minimum atomic E-state index is -4.43. The van der Waals surface area contributed by atoms with E-state index in [0.29, 0.717) is 0 Å². The Labute approximate surface area is 160 Å². The van der Waals surface area contributed by atoms with Gasteiger partial charge < -0.3 is 0 Å². The summed E-state index contributed by atoms with van der Waals surface area (Å²) in [6.45, 7) is 0. The molecular formula is C24H15F3O. The minimum absolute atomic E-state index is 0.215. The molecule has 1 aliphatic carbocycles. The molecule has 4 rings (SSSR count). The first kappa shape index (κ1) is 18.0. The molecular weight excluding hydrogens is 361 g/mol. The number of halogens is 3. The molecule has 1 aliphatic rings. The Morgan fingerprint density at radius 1 is 0.714 bits per heavy atom. The SMILES string of the molecule is O=C(C=C1c2ccccc2C=Cc2ccccc21)c1ccc(C(F)(F)F)cc1. The zero-order valence-corrected chi connectivity index (χ0v) is 14.7. The zero-order valence-electron chi connectivity index (χ0n) is 14.7. The first-order valence-corrected chi connectivity index (χ1v) is 8.74. The number of fused-ring (bicyclic) bond motifs is 2. The van der Waals surface area contributed by atoms with Crippen LogP contribution in [0.5, 0.6) is 0 Å². The van der Waals surface area contributed by atoms with Crippen molar-refractivity contribution in [2.24, 2.45) is 0 Å². The van der Waals surface area contributed by atoms with Crippen LogP contribution in [0.15, 0.2) is 78.9 Å². The van der Waals surface area contributed by atoms with Crippen molar-refractivity contribution in [2.75, 3.05) is 0 Å². The predicted molar refractivity (Wildman–Crippen MR) is 105 cm³/mol. The van der Waals surface area contributed by atoms with Crippen molar-refractivity contribution in [3.63, 3.8) is 0 Å². The van der Waals surface area contributed by atoms with Crippen molar-refractivity contribution in [1.82, 2.24) is 0 Å². The molecule has 0 amide bonds. The summed E-state index contributed by atoms with van der Waals surface area (Å²) in [5, 5.41) is 0. The van der Waals surface area contributed by atoms with Crippen LogP contribution in [0, 0.1) is 0 Å². The third kappa shape index (κ3) is 3.41. The van der Waals surface area contributed by atoms with Crippen molar-refractivity contribution in [1.29, 1.82) is 0 Å². The Balaban J connectivity index is 1.80. The van der Waals surface area contributed by atoms with E-state index in [0.717, 1.165) is 40.0 Å². The van der Waals surface area contributed by atoms with Crippen LogP contribution < -0.4 is 0 Å². The van der Waals surface area contributed by atoms with E-state index in [9.17, 15) is 18.0 Å². The number of ketones is 1. The van der Waals surface area contributed by atoms with E-state index in [1.165, 1.54) is 18.2 Å². The molecule has 0 bridgehead atoms. The number of rotatable bonds is 2. The molecule has 3 aromatic rings. The summed E-state index contributed by atoms with van der Waals surface area (Å²) in [6, 6.07) is 19.8. The van der Waals surface area contributed by atoms with Gasteiger partial charge >= 0.3 is 6.18 Å². The highest BCUT2D eigenvalue weighted by Crippen LogP contribution is 2.34. The van der Waals surface area contributed by atoms with Crippen molar-refractivity contribution in [3.8, 4) is 0 Å². The topological polar surface area (TPSA) is 17.1 Å². The lowest BCUT2D eigenvalue weighted by Gasteiger charge is -2.12. The Bertz CT molecular complexity index is 1050. The molecule has 0 unspecified atom stereocenters. The van der Waals surface area contributed by atoms with E-state index in [1.54, 1.807) is 0 Å². The zero-order chi connectivity index (χ0) is 19.7. The van der Waals surface area contributed by atoms with Gasteiger partial charge in [-0.1, -0.05) is 72.8 Å². The molecule has 0 aliphatic heterocycles. The quantitative estimate of drug-likeness (QED) is 0.288. The maximum Gasteiger partial charge on any atom is 0.416 e. The largest absolute Gasteiger partial charge is 0.416 e. The molecule has 0 saturated heterocycles. The van der Waals surface area contributed by atoms with Crippen LogP contribution in [0.2, 0.25) is 0 Å². The van der Waals surface area contributed by atoms with Crippen LogP contribution in [0.3, 0.4) is 0 Å². The van der Waals surface area contributed by atoms with Gasteiger partial charge in [-0.25, -0.2) is 0 Å². The summed E-state index contributed by atoms with van der Waals surface area (Å²) in [5.41, 5.74) is 3.96. The van der Waals surface area contributed by atoms with Gasteiger partial charge in [0.05, 0.1) is 5.56 Å². The van der Waals surface area contributed by atoms with Gasteiger partial charge in [0.25, 0.3) is 0 Å². The normalized spacial score (nSPS) is 12.8. The Morgan fingerprint density at radius 2 is 1.21 bits per heavy atom. The predicted octanol–water partition coefficient (Wildman–Crippen LogP) is 6.50. The fourth-order valence-corrected chi connectivity index (χ4v) is 3.29. The number of hydrogen-bond donors (Lipinski definition) is 0. The third-order valence-corrected chi connectivity index (χ3v) is 4.72. The molecule has 3 aromatic carbocycles. The maximum atomic E-state index is 12.8. The van der Waals surface area contributed by atoms with E-state index in [4.69, 9.17) is 0 Å². The number of carbonyl (C=O) groups excluding carboxylic acids is 1. The van der Waals surface area contributed by atoms with E-state index >= 15 is 0 Å². The lowest BCUT2D eigenvalue weighted by Crippen LogP contribution is -2.05. The van der Waals surface area contributed by atoms with Gasteiger partial charge in [-0.2, -0.15) is 13.2 Å². The molecule has 0 spiro atoms. The van der Waals surface area contributed by atoms with Crippen molar-refractivity contribution < 1.29 is 18.0 Å². The molecule has 0 aromatic heterocycles. The van der Waals surface area contributed by atoms with Crippen LogP contribution in [-0.2, 0) is 6.18 Å². The monoisotopic (exact) mass is 376 g/mol. The first-order valence-electron chi connectivity index (χ1n) is 8.74. The Hall–Kier alpha value is -3.40. The highest BCUT2D eigenvalue weighted by Gasteiger charge is 2.30. The summed E-state index contributed by atoms with van der Waals surface area (Å²) in [5.74, 6) is -0.338. The summed E-state index contributed by atoms with van der Waals surface area (Å²) in [7, 11) is 0. The molecule has 0 N–H and O–H groups in total. The average molecular weight is 376 g/mol. The van der Waals surface area contributed by atoms with Gasteiger partial charge in [-0.15, -0.1) is 0 Å². The van der Waals surface area contributed by atoms with Crippen LogP contribution in [-0.4, -0.2) is 5.78 Å². The Kier molecular flexibility index (Phi) is 4.47. The number of hydrogen-bond acceptors (Lipinski definition) is 1. The third-order valence-electron chi connectivity index (χ3n) is 4.72. The molecule has 4 heteroatoms. The van der Waals surface area contributed by atoms with E-state index in [2.05, 4.69) is 0 Å². The van der Waals surface area contributed by atoms with Gasteiger partial charge in [0.2, 0.25) is 0 Å². The Morgan fingerprint density at radius 3 is 1.71 bits per heavy atom. The highest BCUT2D eigenvalue weighted by atomic mass is 19.4. The van der Waals surface area contributed by atoms with Crippen molar-refractivity contribution in [2.45, 2.75) is 6.18 Å². The van der Waals surface area contributed by atoms with Crippen LogP contribution in [0.1, 0.15) is 38.2 Å². The standard InChI is InChI=1S/C24H15F3O/c25-24(26,27)19-13-11-18(12-14-19)23(28)15-22-20-7-3-1-5-16(20)9-10-17-6-2-4-8-21(17)22/h1-15H.